The van der Waals surface area contributed by atoms with Gasteiger partial charge in [-0.3, -0.25) is 0 Å². The van der Waals surface area contributed by atoms with Crippen molar-refractivity contribution in [2.45, 2.75) is 13.0 Å². The molecule has 1 N–H and O–H groups in total. The first-order valence-corrected chi connectivity index (χ1v) is 6.58. The first-order valence-electron chi connectivity index (χ1n) is 5.82. The van der Waals surface area contributed by atoms with Crippen molar-refractivity contribution in [3.8, 4) is 6.07 Å². The Morgan fingerprint density at radius 1 is 1.11 bits per heavy atom. The molecule has 0 saturated carbocycles. The van der Waals surface area contributed by atoms with Gasteiger partial charge in [0.25, 0.3) is 0 Å². The molecule has 0 aliphatic carbocycles. The minimum Gasteiger partial charge on any atom is -0.376 e. The summed E-state index contributed by atoms with van der Waals surface area (Å²) in [4.78, 5) is 0. The summed E-state index contributed by atoms with van der Waals surface area (Å²) in [5.41, 5.74) is 2.35. The molecule has 0 aliphatic rings. The second kappa shape index (κ2) is 5.97. The maximum atomic E-state index is 8.91. The average molecular weight is 291 g/mol. The lowest BCUT2D eigenvalue weighted by molar-refractivity contribution is 0.884. The van der Waals surface area contributed by atoms with E-state index in [0.717, 1.165) is 5.56 Å². The molecule has 0 bridgehead atoms. The van der Waals surface area contributed by atoms with Gasteiger partial charge in [0.15, 0.2) is 0 Å². The quantitative estimate of drug-likeness (QED) is 0.860. The van der Waals surface area contributed by atoms with Crippen molar-refractivity contribution in [2.75, 3.05) is 5.32 Å². The van der Waals surface area contributed by atoms with Gasteiger partial charge in [-0.25, -0.2) is 0 Å². The van der Waals surface area contributed by atoms with Gasteiger partial charge in [-0.15, -0.1) is 0 Å². The van der Waals surface area contributed by atoms with Crippen LogP contribution in [0.2, 0.25) is 10.0 Å². The van der Waals surface area contributed by atoms with Crippen LogP contribution in [0.4, 0.5) is 5.69 Å². The molecule has 0 fully saturated rings. The van der Waals surface area contributed by atoms with Crippen molar-refractivity contribution in [1.82, 2.24) is 0 Å². The Balaban J connectivity index is 2.26. The molecule has 0 amide bonds. The fourth-order valence-corrected chi connectivity index (χ4v) is 2.32. The van der Waals surface area contributed by atoms with Crippen molar-refractivity contribution < 1.29 is 0 Å². The van der Waals surface area contributed by atoms with Crippen molar-refractivity contribution >= 4 is 28.9 Å². The van der Waals surface area contributed by atoms with Gasteiger partial charge in [0.2, 0.25) is 0 Å². The van der Waals surface area contributed by atoms with E-state index < -0.39 is 0 Å². The van der Waals surface area contributed by atoms with Crippen LogP contribution in [0.25, 0.3) is 0 Å². The van der Waals surface area contributed by atoms with Crippen molar-refractivity contribution in [2.24, 2.45) is 0 Å². The Labute approximate surface area is 122 Å². The zero-order valence-corrected chi connectivity index (χ0v) is 11.8. The van der Waals surface area contributed by atoms with E-state index in [1.54, 1.807) is 24.3 Å². The summed E-state index contributed by atoms with van der Waals surface area (Å²) in [5, 5.41) is 13.3. The van der Waals surface area contributed by atoms with E-state index in [2.05, 4.69) is 11.4 Å². The predicted molar refractivity (Wildman–Crippen MR) is 79.7 cm³/mol. The summed E-state index contributed by atoms with van der Waals surface area (Å²) in [6.45, 7) is 2.00. The molecular weight excluding hydrogens is 279 g/mol. The molecule has 0 saturated heterocycles. The van der Waals surface area contributed by atoms with E-state index >= 15 is 0 Å². The van der Waals surface area contributed by atoms with E-state index in [-0.39, 0.29) is 6.04 Å². The molecular formula is C15H12Cl2N2. The zero-order valence-electron chi connectivity index (χ0n) is 10.3. The number of hydrogen-bond donors (Lipinski definition) is 1. The highest BCUT2D eigenvalue weighted by Crippen LogP contribution is 2.32. The maximum absolute atomic E-state index is 8.91. The molecule has 1 unspecified atom stereocenters. The Kier molecular flexibility index (Phi) is 4.31. The predicted octanol–water partition coefficient (Wildman–Crippen LogP) is 5.04. The highest BCUT2D eigenvalue weighted by atomic mass is 35.5. The smallest absolute Gasteiger partial charge is 0.0991 e. The van der Waals surface area contributed by atoms with Crippen LogP contribution < -0.4 is 5.32 Å². The van der Waals surface area contributed by atoms with Crippen LogP contribution in [-0.2, 0) is 0 Å². The molecule has 19 heavy (non-hydrogen) atoms. The van der Waals surface area contributed by atoms with Crippen molar-refractivity contribution in [3.05, 3.63) is 63.6 Å². The molecule has 0 aromatic heterocycles. The number of rotatable bonds is 3. The average Bonchev–Trinajstić information content (AvgIpc) is 2.43. The number of benzene rings is 2. The number of nitrogens with zero attached hydrogens (tertiary/aromatic N) is 1. The second-order valence-electron chi connectivity index (χ2n) is 4.20. The van der Waals surface area contributed by atoms with Gasteiger partial charge in [0, 0.05) is 6.04 Å². The van der Waals surface area contributed by atoms with E-state index in [1.807, 2.05) is 25.1 Å². The van der Waals surface area contributed by atoms with E-state index in [4.69, 9.17) is 28.5 Å². The summed E-state index contributed by atoms with van der Waals surface area (Å²) in [6.07, 6.45) is 0. The highest BCUT2D eigenvalue weighted by Gasteiger charge is 2.10. The van der Waals surface area contributed by atoms with Crippen LogP contribution in [0.15, 0.2) is 42.5 Å². The van der Waals surface area contributed by atoms with Gasteiger partial charge in [-0.1, -0.05) is 41.4 Å². The lowest BCUT2D eigenvalue weighted by Gasteiger charge is -2.18. The monoisotopic (exact) mass is 290 g/mol. The lowest BCUT2D eigenvalue weighted by atomic mass is 10.1. The molecule has 2 rings (SSSR count). The molecule has 1 atom stereocenters. The first-order chi connectivity index (χ1) is 9.11. The summed E-state index contributed by atoms with van der Waals surface area (Å²) >= 11 is 12.2. The molecule has 0 radical (unpaired) electrons. The molecule has 0 heterocycles. The SMILES string of the molecule is CC(Nc1c(Cl)cccc1Cl)c1cccc(C#N)c1. The minimum absolute atomic E-state index is 0.00528. The Bertz CT molecular complexity index is 612. The fraction of sp³-hybridized carbons (Fsp3) is 0.133. The number of hydrogen-bond acceptors (Lipinski definition) is 2. The van der Waals surface area contributed by atoms with Crippen molar-refractivity contribution in [1.29, 1.82) is 5.26 Å². The largest absolute Gasteiger partial charge is 0.376 e. The molecule has 0 aliphatic heterocycles. The summed E-state index contributed by atoms with van der Waals surface area (Å²) in [5.74, 6) is 0. The number of anilines is 1. The van der Waals surface area contributed by atoms with Crippen LogP contribution in [0.1, 0.15) is 24.1 Å². The lowest BCUT2D eigenvalue weighted by Crippen LogP contribution is -2.07. The Morgan fingerprint density at radius 3 is 2.37 bits per heavy atom. The highest BCUT2D eigenvalue weighted by molar-refractivity contribution is 6.39. The first kappa shape index (κ1) is 13.7. The maximum Gasteiger partial charge on any atom is 0.0991 e. The number of nitrogens with one attached hydrogen (secondary N) is 1. The van der Waals surface area contributed by atoms with Crippen LogP contribution >= 0.6 is 23.2 Å². The van der Waals surface area contributed by atoms with E-state index in [1.165, 1.54) is 0 Å². The third kappa shape index (κ3) is 3.20. The molecule has 2 nitrogen and oxygen atoms in total. The number of para-hydroxylation sites is 1. The molecule has 2 aromatic carbocycles. The third-order valence-corrected chi connectivity index (χ3v) is 3.47. The van der Waals surface area contributed by atoms with Crippen LogP contribution in [0, 0.1) is 11.3 Å². The van der Waals surface area contributed by atoms with Crippen molar-refractivity contribution in [3.63, 3.8) is 0 Å². The molecule has 0 spiro atoms. The number of nitriles is 1. The summed E-state index contributed by atoms with van der Waals surface area (Å²) in [7, 11) is 0. The van der Waals surface area contributed by atoms with Gasteiger partial charge in [-0.2, -0.15) is 5.26 Å². The second-order valence-corrected chi connectivity index (χ2v) is 5.01. The van der Waals surface area contributed by atoms with Gasteiger partial charge >= 0.3 is 0 Å². The van der Waals surface area contributed by atoms with Gasteiger partial charge < -0.3 is 5.32 Å². The van der Waals surface area contributed by atoms with Crippen LogP contribution in [-0.4, -0.2) is 0 Å². The standard InChI is InChI=1S/C15H12Cl2N2/c1-10(12-5-2-4-11(8-12)9-18)19-15-13(16)6-3-7-14(15)17/h2-8,10,19H,1H3. The zero-order chi connectivity index (χ0) is 13.8. The molecule has 2 aromatic rings. The normalized spacial score (nSPS) is 11.7. The summed E-state index contributed by atoms with van der Waals surface area (Å²) < 4.78 is 0. The van der Waals surface area contributed by atoms with Gasteiger partial charge in [-0.05, 0) is 36.8 Å². The van der Waals surface area contributed by atoms with Gasteiger partial charge in [0.1, 0.15) is 0 Å². The molecule has 96 valence electrons. The van der Waals surface area contributed by atoms with E-state index in [0.29, 0.717) is 21.3 Å². The summed E-state index contributed by atoms with van der Waals surface area (Å²) in [6, 6.07) is 15.0. The fourth-order valence-electron chi connectivity index (χ4n) is 1.81. The third-order valence-electron chi connectivity index (χ3n) is 2.84. The van der Waals surface area contributed by atoms with Crippen LogP contribution in [0.5, 0.6) is 0 Å². The van der Waals surface area contributed by atoms with Crippen LogP contribution in [0.3, 0.4) is 0 Å². The topological polar surface area (TPSA) is 35.8 Å². The molecule has 4 heteroatoms. The van der Waals surface area contributed by atoms with Gasteiger partial charge in [0.05, 0.1) is 27.4 Å². The number of halogens is 2. The Morgan fingerprint density at radius 2 is 1.74 bits per heavy atom. The minimum atomic E-state index is 0.00528. The Hall–Kier alpha value is -1.69. The van der Waals surface area contributed by atoms with E-state index in [9.17, 15) is 0 Å².